The van der Waals surface area contributed by atoms with Crippen molar-refractivity contribution in [2.45, 2.75) is 19.4 Å². The minimum absolute atomic E-state index is 0.379. The molecule has 0 bridgehead atoms. The molecule has 0 fully saturated rings. The summed E-state index contributed by atoms with van der Waals surface area (Å²) in [5.41, 5.74) is 3.14. The SMILES string of the molecule is CCC(O)c1ccc(N(C)c2ccc(OC)cc2)cc1. The van der Waals surface area contributed by atoms with Gasteiger partial charge in [0.25, 0.3) is 0 Å². The normalized spacial score (nSPS) is 12.0. The summed E-state index contributed by atoms with van der Waals surface area (Å²) in [5.74, 6) is 0.851. The zero-order chi connectivity index (χ0) is 14.5. The predicted molar refractivity (Wildman–Crippen MR) is 82.7 cm³/mol. The lowest BCUT2D eigenvalue weighted by molar-refractivity contribution is 0.173. The van der Waals surface area contributed by atoms with Gasteiger partial charge in [0.05, 0.1) is 13.2 Å². The van der Waals surface area contributed by atoms with Crippen LogP contribution in [0.1, 0.15) is 25.0 Å². The van der Waals surface area contributed by atoms with Crippen LogP contribution in [-0.4, -0.2) is 19.3 Å². The molecule has 3 nitrogen and oxygen atoms in total. The Hall–Kier alpha value is -2.00. The number of rotatable bonds is 5. The highest BCUT2D eigenvalue weighted by atomic mass is 16.5. The predicted octanol–water partition coefficient (Wildman–Crippen LogP) is 3.91. The molecule has 0 amide bonds. The minimum Gasteiger partial charge on any atom is -0.497 e. The Morgan fingerprint density at radius 1 is 1.00 bits per heavy atom. The van der Waals surface area contributed by atoms with E-state index in [-0.39, 0.29) is 6.10 Å². The molecule has 0 saturated heterocycles. The second-order valence-electron chi connectivity index (χ2n) is 4.77. The van der Waals surface area contributed by atoms with Crippen LogP contribution in [0.4, 0.5) is 11.4 Å². The van der Waals surface area contributed by atoms with Crippen LogP contribution in [0.15, 0.2) is 48.5 Å². The molecule has 0 aliphatic rings. The van der Waals surface area contributed by atoms with Gasteiger partial charge in [-0.15, -0.1) is 0 Å². The lowest BCUT2D eigenvalue weighted by Gasteiger charge is -2.20. The maximum atomic E-state index is 9.81. The van der Waals surface area contributed by atoms with Gasteiger partial charge in [-0.25, -0.2) is 0 Å². The van der Waals surface area contributed by atoms with Crippen LogP contribution in [-0.2, 0) is 0 Å². The molecular formula is C17H21NO2. The Balaban J connectivity index is 2.17. The molecule has 3 heteroatoms. The summed E-state index contributed by atoms with van der Waals surface area (Å²) in [7, 11) is 3.68. The topological polar surface area (TPSA) is 32.7 Å². The van der Waals surface area contributed by atoms with E-state index in [2.05, 4.69) is 4.90 Å². The smallest absolute Gasteiger partial charge is 0.119 e. The average molecular weight is 271 g/mol. The molecule has 1 N–H and O–H groups in total. The van der Waals surface area contributed by atoms with Gasteiger partial charge in [-0.2, -0.15) is 0 Å². The zero-order valence-electron chi connectivity index (χ0n) is 12.2. The van der Waals surface area contributed by atoms with Gasteiger partial charge < -0.3 is 14.7 Å². The molecule has 2 aromatic rings. The molecular weight excluding hydrogens is 250 g/mol. The fourth-order valence-electron chi connectivity index (χ4n) is 2.11. The van der Waals surface area contributed by atoms with Gasteiger partial charge >= 0.3 is 0 Å². The molecule has 1 unspecified atom stereocenters. The Kier molecular flexibility index (Phi) is 4.64. The first kappa shape index (κ1) is 14.4. The number of methoxy groups -OCH3 is 1. The summed E-state index contributed by atoms with van der Waals surface area (Å²) < 4.78 is 5.16. The highest BCUT2D eigenvalue weighted by Gasteiger charge is 2.07. The summed E-state index contributed by atoms with van der Waals surface area (Å²) in [6, 6.07) is 15.9. The monoisotopic (exact) mass is 271 g/mol. The lowest BCUT2D eigenvalue weighted by atomic mass is 10.1. The first-order valence-corrected chi connectivity index (χ1v) is 6.81. The summed E-state index contributed by atoms with van der Waals surface area (Å²) in [5, 5.41) is 9.81. The van der Waals surface area contributed by atoms with Crippen LogP contribution in [0.3, 0.4) is 0 Å². The molecule has 0 aliphatic heterocycles. The third-order valence-corrected chi connectivity index (χ3v) is 3.51. The van der Waals surface area contributed by atoms with Crippen molar-refractivity contribution in [3.05, 3.63) is 54.1 Å². The van der Waals surface area contributed by atoms with E-state index in [4.69, 9.17) is 4.74 Å². The number of benzene rings is 2. The Bertz CT molecular complexity index is 534. The van der Waals surface area contributed by atoms with Gasteiger partial charge in [0.1, 0.15) is 5.75 Å². The third kappa shape index (κ3) is 3.11. The number of ether oxygens (including phenoxy) is 1. The minimum atomic E-state index is -0.379. The largest absolute Gasteiger partial charge is 0.497 e. The van der Waals surface area contributed by atoms with Crippen molar-refractivity contribution in [1.29, 1.82) is 0 Å². The van der Waals surface area contributed by atoms with Gasteiger partial charge in [0.15, 0.2) is 0 Å². The highest BCUT2D eigenvalue weighted by Crippen LogP contribution is 2.27. The molecule has 0 radical (unpaired) electrons. The summed E-state index contributed by atoms with van der Waals surface area (Å²) >= 11 is 0. The van der Waals surface area contributed by atoms with E-state index in [1.807, 2.05) is 62.5 Å². The number of aliphatic hydroxyl groups is 1. The van der Waals surface area contributed by atoms with Crippen molar-refractivity contribution in [1.82, 2.24) is 0 Å². The summed E-state index contributed by atoms with van der Waals surface area (Å²) in [6.07, 6.45) is 0.351. The quantitative estimate of drug-likeness (QED) is 0.895. The molecule has 0 aliphatic carbocycles. The van der Waals surface area contributed by atoms with Gasteiger partial charge in [-0.1, -0.05) is 19.1 Å². The standard InChI is InChI=1S/C17H21NO2/c1-4-17(19)13-5-7-14(8-6-13)18(2)15-9-11-16(20-3)12-10-15/h5-12,17,19H,4H2,1-3H3. The van der Waals surface area contributed by atoms with Crippen LogP contribution in [0, 0.1) is 0 Å². The second-order valence-corrected chi connectivity index (χ2v) is 4.77. The second kappa shape index (κ2) is 6.44. The van der Waals surface area contributed by atoms with Crippen molar-refractivity contribution in [2.75, 3.05) is 19.1 Å². The Morgan fingerprint density at radius 2 is 1.50 bits per heavy atom. The van der Waals surface area contributed by atoms with E-state index < -0.39 is 0 Å². The maximum absolute atomic E-state index is 9.81. The first-order valence-electron chi connectivity index (χ1n) is 6.81. The van der Waals surface area contributed by atoms with Crippen molar-refractivity contribution >= 4 is 11.4 Å². The molecule has 106 valence electrons. The molecule has 2 aromatic carbocycles. The highest BCUT2D eigenvalue weighted by molar-refractivity contribution is 5.63. The van der Waals surface area contributed by atoms with Crippen molar-refractivity contribution in [3.8, 4) is 5.75 Å². The van der Waals surface area contributed by atoms with Crippen LogP contribution in [0.5, 0.6) is 5.75 Å². The molecule has 2 rings (SSSR count). The Labute approximate surface area is 120 Å². The van der Waals surface area contributed by atoms with Gasteiger partial charge in [0.2, 0.25) is 0 Å². The van der Waals surface area contributed by atoms with E-state index in [1.54, 1.807) is 7.11 Å². The third-order valence-electron chi connectivity index (χ3n) is 3.51. The van der Waals surface area contributed by atoms with Gasteiger partial charge in [0, 0.05) is 18.4 Å². The van der Waals surface area contributed by atoms with E-state index in [1.165, 1.54) is 0 Å². The fraction of sp³-hybridized carbons (Fsp3) is 0.294. The van der Waals surface area contributed by atoms with Gasteiger partial charge in [-0.05, 0) is 48.4 Å². The van der Waals surface area contributed by atoms with Gasteiger partial charge in [-0.3, -0.25) is 0 Å². The number of anilines is 2. The average Bonchev–Trinajstić information content (AvgIpc) is 2.53. The van der Waals surface area contributed by atoms with Crippen LogP contribution in [0.2, 0.25) is 0 Å². The van der Waals surface area contributed by atoms with E-state index in [0.29, 0.717) is 0 Å². The first-order chi connectivity index (χ1) is 9.65. The molecule has 0 saturated carbocycles. The molecule has 20 heavy (non-hydrogen) atoms. The van der Waals surface area contributed by atoms with Crippen LogP contribution >= 0.6 is 0 Å². The number of nitrogens with zero attached hydrogens (tertiary/aromatic N) is 1. The molecule has 0 spiro atoms. The van der Waals surface area contributed by atoms with Crippen molar-refractivity contribution in [2.24, 2.45) is 0 Å². The van der Waals surface area contributed by atoms with Crippen molar-refractivity contribution in [3.63, 3.8) is 0 Å². The molecule has 1 atom stereocenters. The van der Waals surface area contributed by atoms with Crippen LogP contribution in [0.25, 0.3) is 0 Å². The molecule has 0 aromatic heterocycles. The Morgan fingerprint density at radius 3 is 1.95 bits per heavy atom. The molecule has 0 heterocycles. The fourth-order valence-corrected chi connectivity index (χ4v) is 2.11. The number of hydrogen-bond acceptors (Lipinski definition) is 3. The maximum Gasteiger partial charge on any atom is 0.119 e. The number of aliphatic hydroxyl groups excluding tert-OH is 1. The number of hydrogen-bond donors (Lipinski definition) is 1. The summed E-state index contributed by atoms with van der Waals surface area (Å²) in [4.78, 5) is 2.10. The zero-order valence-corrected chi connectivity index (χ0v) is 12.2. The van der Waals surface area contributed by atoms with E-state index in [0.717, 1.165) is 29.1 Å². The van der Waals surface area contributed by atoms with E-state index in [9.17, 15) is 5.11 Å². The lowest BCUT2D eigenvalue weighted by Crippen LogP contribution is -2.09. The van der Waals surface area contributed by atoms with Crippen molar-refractivity contribution < 1.29 is 9.84 Å². The van der Waals surface area contributed by atoms with Crippen LogP contribution < -0.4 is 9.64 Å². The van der Waals surface area contributed by atoms with E-state index >= 15 is 0 Å². The summed E-state index contributed by atoms with van der Waals surface area (Å²) in [6.45, 7) is 1.97.